The molecule has 0 radical (unpaired) electrons. The topological polar surface area (TPSA) is 95.4 Å². The molecule has 0 spiro atoms. The first-order valence-electron chi connectivity index (χ1n) is 5.75. The number of ether oxygens (including phenoxy) is 1. The van der Waals surface area contributed by atoms with E-state index in [0.717, 1.165) is 0 Å². The number of esters is 2. The SMILES string of the molecule is CC=CSC[C@H](N)C(=O)OC(=O)[C@@H](N)CS/C=C/C. The largest absolute Gasteiger partial charge is 0.391 e. The van der Waals surface area contributed by atoms with Crippen LogP contribution in [0.3, 0.4) is 0 Å². The van der Waals surface area contributed by atoms with E-state index in [0.29, 0.717) is 11.5 Å². The Bertz CT molecular complexity index is 314. The lowest BCUT2D eigenvalue weighted by molar-refractivity contribution is -0.160. The maximum atomic E-state index is 11.5. The van der Waals surface area contributed by atoms with Crippen LogP contribution in [-0.4, -0.2) is 35.5 Å². The number of hydrogen-bond acceptors (Lipinski definition) is 7. The van der Waals surface area contributed by atoms with Crippen LogP contribution < -0.4 is 11.5 Å². The fourth-order valence-corrected chi connectivity index (χ4v) is 2.19. The normalized spacial score (nSPS) is 14.7. The van der Waals surface area contributed by atoms with Gasteiger partial charge in [0.25, 0.3) is 0 Å². The Labute approximate surface area is 122 Å². The zero-order valence-electron chi connectivity index (χ0n) is 11.1. The second-order valence-electron chi connectivity index (χ2n) is 3.56. The smallest absolute Gasteiger partial charge is 0.331 e. The van der Waals surface area contributed by atoms with Gasteiger partial charge in [-0.1, -0.05) is 12.2 Å². The van der Waals surface area contributed by atoms with Crippen molar-refractivity contribution >= 4 is 35.5 Å². The predicted molar refractivity (Wildman–Crippen MR) is 81.6 cm³/mol. The molecule has 0 bridgehead atoms. The molecular weight excluding hydrogens is 284 g/mol. The molecule has 4 N–H and O–H groups in total. The van der Waals surface area contributed by atoms with Crippen molar-refractivity contribution in [3.8, 4) is 0 Å². The number of rotatable bonds is 8. The van der Waals surface area contributed by atoms with Gasteiger partial charge in [-0.15, -0.1) is 23.5 Å². The fraction of sp³-hybridized carbons (Fsp3) is 0.500. The summed E-state index contributed by atoms with van der Waals surface area (Å²) in [4.78, 5) is 23.0. The lowest BCUT2D eigenvalue weighted by Crippen LogP contribution is -2.41. The van der Waals surface area contributed by atoms with Crippen LogP contribution in [0.4, 0.5) is 0 Å². The van der Waals surface area contributed by atoms with Gasteiger partial charge in [0.05, 0.1) is 0 Å². The van der Waals surface area contributed by atoms with Gasteiger partial charge >= 0.3 is 11.9 Å². The summed E-state index contributed by atoms with van der Waals surface area (Å²) < 4.78 is 4.63. The highest BCUT2D eigenvalue weighted by Crippen LogP contribution is 2.07. The van der Waals surface area contributed by atoms with Gasteiger partial charge in [0.1, 0.15) is 12.1 Å². The van der Waals surface area contributed by atoms with Crippen molar-refractivity contribution < 1.29 is 14.3 Å². The van der Waals surface area contributed by atoms with Crippen molar-refractivity contribution in [2.24, 2.45) is 11.5 Å². The molecule has 0 saturated heterocycles. The molecule has 0 amide bonds. The zero-order chi connectivity index (χ0) is 14.7. The minimum atomic E-state index is -0.833. The molecule has 0 aromatic heterocycles. The van der Waals surface area contributed by atoms with Gasteiger partial charge in [-0.05, 0) is 24.7 Å². The van der Waals surface area contributed by atoms with Crippen LogP contribution in [0.5, 0.6) is 0 Å². The van der Waals surface area contributed by atoms with E-state index < -0.39 is 24.0 Å². The average Bonchev–Trinajstić information content (AvgIpc) is 2.38. The van der Waals surface area contributed by atoms with Gasteiger partial charge in [-0.25, -0.2) is 9.59 Å². The minimum Gasteiger partial charge on any atom is -0.391 e. The number of carbonyl (C=O) groups is 2. The summed E-state index contributed by atoms with van der Waals surface area (Å²) >= 11 is 2.76. The summed E-state index contributed by atoms with van der Waals surface area (Å²) in [5, 5.41) is 3.63. The van der Waals surface area contributed by atoms with E-state index in [1.54, 1.807) is 0 Å². The molecule has 0 saturated carbocycles. The molecule has 0 aliphatic carbocycles. The molecular formula is C12H20N2O3S2. The van der Waals surface area contributed by atoms with E-state index in [-0.39, 0.29) is 0 Å². The molecule has 0 aliphatic heterocycles. The van der Waals surface area contributed by atoms with Gasteiger partial charge < -0.3 is 16.2 Å². The van der Waals surface area contributed by atoms with Crippen LogP contribution in [0.1, 0.15) is 13.8 Å². The number of carbonyl (C=O) groups excluding carboxylic acids is 2. The van der Waals surface area contributed by atoms with Crippen molar-refractivity contribution in [1.82, 2.24) is 0 Å². The lowest BCUT2D eigenvalue weighted by atomic mass is 10.3. The standard InChI is InChI=1S/C12H20N2O3S2/c1-3-5-18-7-9(13)11(15)17-12(16)10(14)8-19-6-4-2/h3-6,9-10H,7-8,13-14H2,1-2H3/b5-3+,6-4?/t9-,10-/m0/s1. The van der Waals surface area contributed by atoms with Gasteiger partial charge in [-0.3, -0.25) is 0 Å². The van der Waals surface area contributed by atoms with Crippen LogP contribution in [0, 0.1) is 0 Å². The Morgan fingerprint density at radius 1 is 1.00 bits per heavy atom. The first-order valence-corrected chi connectivity index (χ1v) is 7.84. The van der Waals surface area contributed by atoms with Crippen molar-refractivity contribution in [1.29, 1.82) is 0 Å². The quantitative estimate of drug-likeness (QED) is 0.514. The fourth-order valence-electron chi connectivity index (χ4n) is 0.897. The third kappa shape index (κ3) is 8.88. The summed E-state index contributed by atoms with van der Waals surface area (Å²) in [6.07, 6.45) is 3.67. The van der Waals surface area contributed by atoms with Gasteiger partial charge in [0.15, 0.2) is 0 Å². The second-order valence-corrected chi connectivity index (χ2v) is 5.44. The molecule has 0 unspecified atom stereocenters. The Balaban J connectivity index is 4.05. The van der Waals surface area contributed by atoms with Crippen molar-refractivity contribution in [2.45, 2.75) is 25.9 Å². The van der Waals surface area contributed by atoms with Gasteiger partial charge in [0.2, 0.25) is 0 Å². The molecule has 0 fully saturated rings. The zero-order valence-corrected chi connectivity index (χ0v) is 12.7. The Morgan fingerprint density at radius 3 is 1.68 bits per heavy atom. The van der Waals surface area contributed by atoms with Gasteiger partial charge in [-0.2, -0.15) is 0 Å². The number of hydrogen-bond donors (Lipinski definition) is 2. The van der Waals surface area contributed by atoms with Crippen molar-refractivity contribution in [2.75, 3.05) is 11.5 Å². The molecule has 2 atom stereocenters. The highest BCUT2D eigenvalue weighted by atomic mass is 32.2. The molecule has 0 aromatic carbocycles. The molecule has 108 valence electrons. The van der Waals surface area contributed by atoms with Crippen LogP contribution in [0.15, 0.2) is 23.0 Å². The van der Waals surface area contributed by atoms with Crippen molar-refractivity contribution in [3.63, 3.8) is 0 Å². The summed E-state index contributed by atoms with van der Waals surface area (Å²) in [6, 6.07) is -1.67. The maximum absolute atomic E-state index is 11.5. The predicted octanol–water partition coefficient (Wildman–Crippen LogP) is 1.24. The summed E-state index contributed by atoms with van der Waals surface area (Å²) in [5.41, 5.74) is 11.2. The first-order chi connectivity index (χ1) is 9.02. The molecule has 0 aromatic rings. The Morgan fingerprint density at radius 2 is 1.37 bits per heavy atom. The van der Waals surface area contributed by atoms with E-state index in [4.69, 9.17) is 11.5 Å². The lowest BCUT2D eigenvalue weighted by Gasteiger charge is -2.12. The summed E-state index contributed by atoms with van der Waals surface area (Å²) in [6.45, 7) is 3.73. The average molecular weight is 304 g/mol. The maximum Gasteiger partial charge on any atom is 0.331 e. The molecule has 19 heavy (non-hydrogen) atoms. The van der Waals surface area contributed by atoms with E-state index in [1.165, 1.54) is 23.5 Å². The molecule has 5 nitrogen and oxygen atoms in total. The van der Waals surface area contributed by atoms with E-state index in [2.05, 4.69) is 4.74 Å². The molecule has 0 aliphatic rings. The minimum absolute atomic E-state index is 0.360. The van der Waals surface area contributed by atoms with Crippen LogP contribution >= 0.6 is 23.5 Å². The number of nitrogens with two attached hydrogens (primary N) is 2. The third-order valence-corrected chi connectivity index (χ3v) is 3.86. The van der Waals surface area contributed by atoms with Gasteiger partial charge in [0, 0.05) is 11.5 Å². The molecule has 0 rings (SSSR count). The van der Waals surface area contributed by atoms with Crippen LogP contribution in [0.2, 0.25) is 0 Å². The number of allylic oxidation sites excluding steroid dienone is 2. The Hall–Kier alpha value is -0.760. The third-order valence-electron chi connectivity index (χ3n) is 1.82. The van der Waals surface area contributed by atoms with Crippen molar-refractivity contribution in [3.05, 3.63) is 23.0 Å². The van der Waals surface area contributed by atoms with Crippen LogP contribution in [0.25, 0.3) is 0 Å². The first kappa shape index (κ1) is 18.2. The summed E-state index contributed by atoms with van der Waals surface area (Å²) in [7, 11) is 0. The monoisotopic (exact) mass is 304 g/mol. The highest BCUT2D eigenvalue weighted by Gasteiger charge is 2.22. The molecule has 0 heterocycles. The molecule has 7 heteroatoms. The summed E-state index contributed by atoms with van der Waals surface area (Å²) in [5.74, 6) is -0.764. The number of thioether (sulfide) groups is 2. The Kier molecular flexibility index (Phi) is 10.7. The van der Waals surface area contributed by atoms with E-state index in [9.17, 15) is 9.59 Å². The van der Waals surface area contributed by atoms with Crippen LogP contribution in [-0.2, 0) is 14.3 Å². The van der Waals surface area contributed by atoms with E-state index in [1.807, 2.05) is 36.8 Å². The second kappa shape index (κ2) is 11.1. The highest BCUT2D eigenvalue weighted by molar-refractivity contribution is 8.02. The van der Waals surface area contributed by atoms with E-state index >= 15 is 0 Å².